The Kier molecular flexibility index (Phi) is 4.82. The van der Waals surface area contributed by atoms with E-state index in [1.165, 1.54) is 0 Å². The minimum Gasteiger partial charge on any atom is -0.342 e. The van der Waals surface area contributed by atoms with Crippen molar-refractivity contribution in [2.24, 2.45) is 0 Å². The monoisotopic (exact) mass is 269 g/mol. The zero-order chi connectivity index (χ0) is 14.4. The largest absolute Gasteiger partial charge is 0.342 e. The van der Waals surface area contributed by atoms with Gasteiger partial charge >= 0.3 is 0 Å². The normalized spacial score (nSPS) is 10.3. The number of carbonyl (C=O) groups is 1. The van der Waals surface area contributed by atoms with Crippen molar-refractivity contribution in [1.82, 2.24) is 14.9 Å². The zero-order valence-electron chi connectivity index (χ0n) is 11.9. The molecule has 1 heterocycles. The second-order valence-electron chi connectivity index (χ2n) is 4.74. The first-order valence-corrected chi connectivity index (χ1v) is 6.85. The molecule has 0 N–H and O–H groups in total. The van der Waals surface area contributed by atoms with Gasteiger partial charge in [0.1, 0.15) is 0 Å². The highest BCUT2D eigenvalue weighted by Gasteiger charge is 2.12. The molecule has 1 aromatic heterocycles. The third-order valence-corrected chi connectivity index (χ3v) is 3.12. The van der Waals surface area contributed by atoms with E-state index in [2.05, 4.69) is 16.9 Å². The van der Waals surface area contributed by atoms with E-state index in [1.54, 1.807) is 17.3 Å². The summed E-state index contributed by atoms with van der Waals surface area (Å²) in [5, 5.41) is 0. The Morgan fingerprint density at radius 1 is 1.15 bits per heavy atom. The SMILES string of the molecule is CCCCN(C)C(=O)c1cnc(-c2ccccc2)nc1. The van der Waals surface area contributed by atoms with Gasteiger partial charge in [0.05, 0.1) is 5.56 Å². The van der Waals surface area contributed by atoms with Crippen molar-refractivity contribution in [3.8, 4) is 11.4 Å². The maximum absolute atomic E-state index is 12.1. The number of carbonyl (C=O) groups excluding carboxylic acids is 1. The summed E-state index contributed by atoms with van der Waals surface area (Å²) < 4.78 is 0. The van der Waals surface area contributed by atoms with Crippen LogP contribution in [0.5, 0.6) is 0 Å². The highest BCUT2D eigenvalue weighted by molar-refractivity contribution is 5.93. The van der Waals surface area contributed by atoms with Gasteiger partial charge in [0.25, 0.3) is 5.91 Å². The molecule has 2 aromatic rings. The van der Waals surface area contributed by atoms with Crippen LogP contribution in [0, 0.1) is 0 Å². The molecule has 0 atom stereocenters. The van der Waals surface area contributed by atoms with Gasteiger partial charge in [-0.2, -0.15) is 0 Å². The van der Waals surface area contributed by atoms with Gasteiger partial charge < -0.3 is 4.90 Å². The Morgan fingerprint density at radius 2 is 1.80 bits per heavy atom. The molecule has 0 saturated heterocycles. The van der Waals surface area contributed by atoms with Gasteiger partial charge in [-0.25, -0.2) is 9.97 Å². The summed E-state index contributed by atoms with van der Waals surface area (Å²) in [5.74, 6) is 0.608. The summed E-state index contributed by atoms with van der Waals surface area (Å²) in [6.07, 6.45) is 5.27. The van der Waals surface area contributed by atoms with Gasteiger partial charge in [-0.15, -0.1) is 0 Å². The first-order valence-electron chi connectivity index (χ1n) is 6.85. The number of aromatic nitrogens is 2. The first kappa shape index (κ1) is 14.2. The van der Waals surface area contributed by atoms with E-state index in [-0.39, 0.29) is 5.91 Å². The Balaban J connectivity index is 2.10. The van der Waals surface area contributed by atoms with E-state index < -0.39 is 0 Å². The summed E-state index contributed by atoms with van der Waals surface area (Å²) in [5.41, 5.74) is 1.48. The number of hydrogen-bond donors (Lipinski definition) is 0. The molecule has 0 aliphatic heterocycles. The minimum absolute atomic E-state index is 0.0296. The summed E-state index contributed by atoms with van der Waals surface area (Å²) >= 11 is 0. The van der Waals surface area contributed by atoms with Crippen LogP contribution in [0.4, 0.5) is 0 Å². The molecule has 0 bridgehead atoms. The molecular weight excluding hydrogens is 250 g/mol. The summed E-state index contributed by atoms with van der Waals surface area (Å²) in [4.78, 5) is 22.4. The molecule has 1 aromatic carbocycles. The second-order valence-corrected chi connectivity index (χ2v) is 4.74. The lowest BCUT2D eigenvalue weighted by Crippen LogP contribution is -2.27. The first-order chi connectivity index (χ1) is 9.72. The fourth-order valence-electron chi connectivity index (χ4n) is 1.89. The van der Waals surface area contributed by atoms with Crippen molar-refractivity contribution in [3.63, 3.8) is 0 Å². The van der Waals surface area contributed by atoms with Gasteiger partial charge in [0.15, 0.2) is 5.82 Å². The fourth-order valence-corrected chi connectivity index (χ4v) is 1.89. The molecule has 1 amide bonds. The van der Waals surface area contributed by atoms with Crippen LogP contribution in [-0.2, 0) is 0 Å². The summed E-state index contributed by atoms with van der Waals surface area (Å²) in [7, 11) is 1.81. The van der Waals surface area contributed by atoms with Crippen LogP contribution in [0.25, 0.3) is 11.4 Å². The van der Waals surface area contributed by atoms with Crippen molar-refractivity contribution in [3.05, 3.63) is 48.3 Å². The molecule has 0 spiro atoms. The van der Waals surface area contributed by atoms with Crippen LogP contribution in [0.3, 0.4) is 0 Å². The molecule has 4 nitrogen and oxygen atoms in total. The third-order valence-electron chi connectivity index (χ3n) is 3.12. The molecule has 0 radical (unpaired) electrons. The number of amides is 1. The van der Waals surface area contributed by atoms with E-state index in [1.807, 2.05) is 37.4 Å². The quantitative estimate of drug-likeness (QED) is 0.838. The molecule has 0 saturated carbocycles. The third kappa shape index (κ3) is 3.41. The van der Waals surface area contributed by atoms with E-state index in [4.69, 9.17) is 0 Å². The highest BCUT2D eigenvalue weighted by atomic mass is 16.2. The molecular formula is C16H19N3O. The maximum Gasteiger partial charge on any atom is 0.256 e. The van der Waals surface area contributed by atoms with E-state index in [0.29, 0.717) is 11.4 Å². The van der Waals surface area contributed by atoms with Gasteiger partial charge in [0.2, 0.25) is 0 Å². The van der Waals surface area contributed by atoms with Gasteiger partial charge in [-0.05, 0) is 6.42 Å². The van der Waals surface area contributed by atoms with Crippen LogP contribution in [0.1, 0.15) is 30.1 Å². The van der Waals surface area contributed by atoms with Crippen molar-refractivity contribution in [1.29, 1.82) is 0 Å². The van der Waals surface area contributed by atoms with Crippen molar-refractivity contribution >= 4 is 5.91 Å². The number of benzene rings is 1. The van der Waals surface area contributed by atoms with E-state index in [0.717, 1.165) is 24.9 Å². The topological polar surface area (TPSA) is 46.1 Å². The smallest absolute Gasteiger partial charge is 0.256 e. The van der Waals surface area contributed by atoms with Crippen LogP contribution < -0.4 is 0 Å². The lowest BCUT2D eigenvalue weighted by atomic mass is 10.2. The molecule has 104 valence electrons. The molecule has 20 heavy (non-hydrogen) atoms. The van der Waals surface area contributed by atoms with Gasteiger partial charge in [0, 0.05) is 31.5 Å². The van der Waals surface area contributed by atoms with Crippen molar-refractivity contribution in [2.75, 3.05) is 13.6 Å². The molecule has 0 unspecified atom stereocenters. The van der Waals surface area contributed by atoms with Gasteiger partial charge in [-0.3, -0.25) is 4.79 Å². The second kappa shape index (κ2) is 6.80. The predicted molar refractivity (Wildman–Crippen MR) is 79.3 cm³/mol. The summed E-state index contributed by atoms with van der Waals surface area (Å²) in [6, 6.07) is 9.73. The van der Waals surface area contributed by atoms with Crippen LogP contribution in [0.15, 0.2) is 42.7 Å². The number of rotatable bonds is 5. The molecule has 0 aliphatic rings. The number of nitrogens with zero attached hydrogens (tertiary/aromatic N) is 3. The zero-order valence-corrected chi connectivity index (χ0v) is 11.9. The lowest BCUT2D eigenvalue weighted by Gasteiger charge is -2.16. The average molecular weight is 269 g/mol. The van der Waals surface area contributed by atoms with Gasteiger partial charge in [-0.1, -0.05) is 43.7 Å². The lowest BCUT2D eigenvalue weighted by molar-refractivity contribution is 0.0792. The predicted octanol–water partition coefficient (Wildman–Crippen LogP) is 3.02. The Bertz CT molecular complexity index is 552. The van der Waals surface area contributed by atoms with Crippen molar-refractivity contribution < 1.29 is 4.79 Å². The molecule has 0 fully saturated rings. The average Bonchev–Trinajstić information content (AvgIpc) is 2.53. The van der Waals surface area contributed by atoms with Crippen molar-refractivity contribution in [2.45, 2.75) is 19.8 Å². The highest BCUT2D eigenvalue weighted by Crippen LogP contribution is 2.13. The van der Waals surface area contributed by atoms with E-state index >= 15 is 0 Å². The maximum atomic E-state index is 12.1. The Labute approximate surface area is 119 Å². The Hall–Kier alpha value is -2.23. The van der Waals surface area contributed by atoms with Crippen LogP contribution >= 0.6 is 0 Å². The van der Waals surface area contributed by atoms with E-state index in [9.17, 15) is 4.79 Å². The number of unbranched alkanes of at least 4 members (excludes halogenated alkanes) is 1. The molecule has 2 rings (SSSR count). The Morgan fingerprint density at radius 3 is 2.40 bits per heavy atom. The van der Waals surface area contributed by atoms with Crippen LogP contribution in [-0.4, -0.2) is 34.4 Å². The molecule has 0 aliphatic carbocycles. The fraction of sp³-hybridized carbons (Fsp3) is 0.312. The summed E-state index contributed by atoms with van der Waals surface area (Å²) in [6.45, 7) is 2.87. The molecule has 4 heteroatoms. The standard InChI is InChI=1S/C16H19N3O/c1-3-4-10-19(2)16(20)14-11-17-15(18-12-14)13-8-6-5-7-9-13/h5-9,11-12H,3-4,10H2,1-2H3. The number of hydrogen-bond acceptors (Lipinski definition) is 3. The van der Waals surface area contributed by atoms with Crippen LogP contribution in [0.2, 0.25) is 0 Å². The minimum atomic E-state index is -0.0296.